The zero-order valence-corrected chi connectivity index (χ0v) is 46.7. The van der Waals surface area contributed by atoms with Crippen LogP contribution in [-0.2, 0) is 5.41 Å². The number of para-hydroxylation sites is 3. The van der Waals surface area contributed by atoms with E-state index in [0.29, 0.717) is 0 Å². The van der Waals surface area contributed by atoms with Gasteiger partial charge in [-0.1, -0.05) is 273 Å². The minimum Gasteiger partial charge on any atom is -0.311 e. The van der Waals surface area contributed by atoms with Crippen LogP contribution in [0, 0.1) is 0 Å². The van der Waals surface area contributed by atoms with Crippen molar-refractivity contribution in [1.82, 2.24) is 4.57 Å². The first-order valence-electron chi connectivity index (χ1n) is 29.4. The third-order valence-electron chi connectivity index (χ3n) is 17.7. The monoisotopic (exact) mass is 1080 g/mol. The van der Waals surface area contributed by atoms with Crippen LogP contribution in [0.3, 0.4) is 0 Å². The van der Waals surface area contributed by atoms with Crippen LogP contribution < -0.4 is 4.90 Å². The zero-order chi connectivity index (χ0) is 56.3. The number of nitrogens with zero attached hydrogens (tertiary/aromatic N) is 2. The Bertz CT molecular complexity index is 4870. The molecule has 1 aliphatic carbocycles. The van der Waals surface area contributed by atoms with Crippen LogP contribution in [-0.4, -0.2) is 4.57 Å². The number of benzene rings is 14. The lowest BCUT2D eigenvalue weighted by Gasteiger charge is -2.34. The first-order valence-corrected chi connectivity index (χ1v) is 29.4. The fourth-order valence-corrected chi connectivity index (χ4v) is 13.8. The molecular formula is C83H56N2. The second kappa shape index (κ2) is 20.7. The van der Waals surface area contributed by atoms with Crippen molar-refractivity contribution in [3.63, 3.8) is 0 Å². The molecule has 2 heteroatoms. The minimum atomic E-state index is -0.476. The lowest BCUT2D eigenvalue weighted by atomic mass is 9.67. The van der Waals surface area contributed by atoms with Crippen LogP contribution in [0.25, 0.3) is 105 Å². The highest BCUT2D eigenvalue weighted by Crippen LogP contribution is 2.58. The molecule has 0 unspecified atom stereocenters. The molecule has 1 aromatic heterocycles. The van der Waals surface area contributed by atoms with Gasteiger partial charge in [-0.3, -0.25) is 0 Å². The quantitative estimate of drug-likeness (QED) is 0.125. The van der Waals surface area contributed by atoms with Crippen molar-refractivity contribution in [2.24, 2.45) is 0 Å². The summed E-state index contributed by atoms with van der Waals surface area (Å²) in [5, 5.41) is 5.01. The molecule has 0 amide bonds. The van der Waals surface area contributed by atoms with E-state index in [9.17, 15) is 0 Å². The number of anilines is 3. The smallest absolute Gasteiger partial charge is 0.0713 e. The van der Waals surface area contributed by atoms with Gasteiger partial charge in [-0.15, -0.1) is 0 Å². The van der Waals surface area contributed by atoms with Gasteiger partial charge >= 0.3 is 0 Å². The highest BCUT2D eigenvalue weighted by Gasteiger charge is 2.46. The van der Waals surface area contributed by atoms with Crippen LogP contribution in [0.4, 0.5) is 17.1 Å². The minimum absolute atomic E-state index is 0.476. The fourth-order valence-electron chi connectivity index (χ4n) is 13.8. The molecule has 0 bridgehead atoms. The summed E-state index contributed by atoms with van der Waals surface area (Å²) in [5.41, 5.74) is 25.8. The molecule has 1 heterocycles. The SMILES string of the molecule is c1ccc(C2(c3ccccc3)c3ccccc3-c3c(-c4ccc(N(c5ccc(-c6ccc(-c7cccc(-c8ccc9ccccc9c8)c7)cc6)cc5)c5ccc(-c6ccccc6-n6c7ccccc7c7ccccc76)cc5)cc4)cccc32)cc1. The number of hydrogen-bond donors (Lipinski definition) is 0. The molecule has 14 aromatic carbocycles. The largest absolute Gasteiger partial charge is 0.311 e. The average molecular weight is 1080 g/mol. The Morgan fingerprint density at radius 3 is 1.28 bits per heavy atom. The van der Waals surface area contributed by atoms with Gasteiger partial charge in [-0.2, -0.15) is 0 Å². The van der Waals surface area contributed by atoms with Crippen molar-refractivity contribution in [2.45, 2.75) is 5.41 Å². The summed E-state index contributed by atoms with van der Waals surface area (Å²) in [7, 11) is 0. The Kier molecular flexibility index (Phi) is 12.1. The highest BCUT2D eigenvalue weighted by molar-refractivity contribution is 6.10. The molecular weight excluding hydrogens is 1020 g/mol. The molecule has 0 N–H and O–H groups in total. The molecule has 0 radical (unpaired) electrons. The number of fused-ring (bicyclic) bond motifs is 7. The summed E-state index contributed by atoms with van der Waals surface area (Å²) in [4.78, 5) is 2.39. The number of aromatic nitrogens is 1. The standard InChI is InChI=1S/C83H56N2/c1-3-23-67(24-4-1)83(68-25-5-2-6-26-68)77-32-13-9-30-76(77)82-73(31-18-33-78(82)83)62-47-53-71(54-48-62)84(70-51-45-61(46-52-70)72-27-10-14-34-79(72)85-80-35-15-11-28-74(80)75-29-12-16-36-81(75)85)69-49-43-59(44-50-69)58-37-39-60(40-38-58)64-21-17-22-65(55-64)66-42-41-57-19-7-8-20-63(57)56-66/h1-56H. The number of hydrogen-bond acceptors (Lipinski definition) is 1. The molecule has 1 aliphatic rings. The topological polar surface area (TPSA) is 8.17 Å². The van der Waals surface area contributed by atoms with E-state index in [1.807, 2.05) is 0 Å². The molecule has 0 saturated heterocycles. The van der Waals surface area contributed by atoms with E-state index in [1.165, 1.54) is 110 Å². The van der Waals surface area contributed by atoms with Crippen molar-refractivity contribution >= 4 is 49.6 Å². The molecule has 85 heavy (non-hydrogen) atoms. The van der Waals surface area contributed by atoms with Gasteiger partial charge in [-0.25, -0.2) is 0 Å². The Hall–Kier alpha value is -11.1. The first kappa shape index (κ1) is 49.7. The second-order valence-corrected chi connectivity index (χ2v) is 22.3. The van der Waals surface area contributed by atoms with Crippen LogP contribution in [0.5, 0.6) is 0 Å². The van der Waals surface area contributed by atoms with E-state index < -0.39 is 5.41 Å². The molecule has 0 spiro atoms. The van der Waals surface area contributed by atoms with Gasteiger partial charge in [0, 0.05) is 33.4 Å². The van der Waals surface area contributed by atoms with Gasteiger partial charge in [0.2, 0.25) is 0 Å². The summed E-state index contributed by atoms with van der Waals surface area (Å²) >= 11 is 0. The van der Waals surface area contributed by atoms with Gasteiger partial charge in [0.25, 0.3) is 0 Å². The number of rotatable bonds is 11. The molecule has 398 valence electrons. The lowest BCUT2D eigenvalue weighted by Crippen LogP contribution is -2.28. The molecule has 0 aliphatic heterocycles. The fraction of sp³-hybridized carbons (Fsp3) is 0.0120. The van der Waals surface area contributed by atoms with E-state index in [1.54, 1.807) is 0 Å². The van der Waals surface area contributed by atoms with Crippen LogP contribution >= 0.6 is 0 Å². The Labute approximate surface area is 496 Å². The maximum Gasteiger partial charge on any atom is 0.0713 e. The summed E-state index contributed by atoms with van der Waals surface area (Å²) in [6, 6.07) is 125. The van der Waals surface area contributed by atoms with Crippen LogP contribution in [0.2, 0.25) is 0 Å². The Morgan fingerprint density at radius 2 is 0.659 bits per heavy atom. The summed E-state index contributed by atoms with van der Waals surface area (Å²) in [6.07, 6.45) is 0. The highest BCUT2D eigenvalue weighted by atomic mass is 15.1. The lowest BCUT2D eigenvalue weighted by molar-refractivity contribution is 0.768. The predicted molar refractivity (Wildman–Crippen MR) is 357 cm³/mol. The summed E-state index contributed by atoms with van der Waals surface area (Å²) < 4.78 is 2.42. The third kappa shape index (κ3) is 8.41. The van der Waals surface area contributed by atoms with Crippen molar-refractivity contribution in [3.8, 4) is 72.4 Å². The predicted octanol–water partition coefficient (Wildman–Crippen LogP) is 22.1. The second-order valence-electron chi connectivity index (χ2n) is 22.3. The van der Waals surface area contributed by atoms with Gasteiger partial charge in [0.15, 0.2) is 0 Å². The maximum atomic E-state index is 2.42. The van der Waals surface area contributed by atoms with Gasteiger partial charge < -0.3 is 9.47 Å². The van der Waals surface area contributed by atoms with Crippen molar-refractivity contribution in [2.75, 3.05) is 4.90 Å². The average Bonchev–Trinajstić information content (AvgIpc) is 2.58. The van der Waals surface area contributed by atoms with Crippen molar-refractivity contribution in [3.05, 3.63) is 362 Å². The molecule has 0 fully saturated rings. The van der Waals surface area contributed by atoms with Crippen LogP contribution in [0.15, 0.2) is 340 Å². The summed E-state index contributed by atoms with van der Waals surface area (Å²) in [5.74, 6) is 0. The maximum absolute atomic E-state index is 2.42. The van der Waals surface area contributed by atoms with Gasteiger partial charge in [-0.05, 0) is 161 Å². The van der Waals surface area contributed by atoms with E-state index in [0.717, 1.165) is 33.9 Å². The van der Waals surface area contributed by atoms with Gasteiger partial charge in [0.05, 0.1) is 22.1 Å². The first-order chi connectivity index (χ1) is 42.2. The zero-order valence-electron chi connectivity index (χ0n) is 46.7. The molecule has 0 atom stereocenters. The molecule has 15 aromatic rings. The van der Waals surface area contributed by atoms with E-state index >= 15 is 0 Å². The van der Waals surface area contributed by atoms with E-state index in [-0.39, 0.29) is 0 Å². The van der Waals surface area contributed by atoms with Crippen molar-refractivity contribution < 1.29 is 0 Å². The van der Waals surface area contributed by atoms with Gasteiger partial charge in [0.1, 0.15) is 0 Å². The van der Waals surface area contributed by atoms with E-state index in [4.69, 9.17) is 0 Å². The summed E-state index contributed by atoms with van der Waals surface area (Å²) in [6.45, 7) is 0. The van der Waals surface area contributed by atoms with Crippen molar-refractivity contribution in [1.29, 1.82) is 0 Å². The Morgan fingerprint density at radius 1 is 0.247 bits per heavy atom. The molecule has 2 nitrogen and oxygen atoms in total. The molecule has 16 rings (SSSR count). The third-order valence-corrected chi connectivity index (χ3v) is 17.7. The normalized spacial score (nSPS) is 12.3. The Balaban J connectivity index is 0.772. The van der Waals surface area contributed by atoms with E-state index in [2.05, 4.69) is 349 Å². The molecule has 0 saturated carbocycles. The van der Waals surface area contributed by atoms with Crippen LogP contribution in [0.1, 0.15) is 22.3 Å².